The maximum Gasteiger partial charge on any atom is 0.253 e. The molecule has 3 rings (SSSR count). The molecule has 0 aliphatic carbocycles. The van der Waals surface area contributed by atoms with Crippen molar-refractivity contribution in [1.82, 2.24) is 15.2 Å². The molecule has 0 radical (unpaired) electrons. The van der Waals surface area contributed by atoms with Gasteiger partial charge in [0.25, 0.3) is 10.0 Å². The van der Waals surface area contributed by atoms with Crippen molar-refractivity contribution in [1.29, 1.82) is 0 Å². The van der Waals surface area contributed by atoms with E-state index in [1.54, 1.807) is 12.1 Å². The van der Waals surface area contributed by atoms with Gasteiger partial charge in [0.05, 0.1) is 11.5 Å². The van der Waals surface area contributed by atoms with Crippen molar-refractivity contribution in [3.63, 3.8) is 0 Å². The van der Waals surface area contributed by atoms with Gasteiger partial charge in [-0.05, 0) is 50.8 Å². The molecule has 2 aromatic rings. The molecule has 2 aromatic carbocycles. The monoisotopic (exact) mass is 559 g/mol. The lowest BCUT2D eigenvalue weighted by atomic mass is 9.95. The van der Waals surface area contributed by atoms with Crippen molar-refractivity contribution >= 4 is 33.2 Å². The number of nitrogens with zero attached hydrogens (tertiary/aromatic N) is 1. The second kappa shape index (κ2) is 13.4. The molecule has 200 valence electrons. The average Bonchev–Trinajstić information content (AvgIpc) is 2.85. The number of nitrogens with one attached hydrogen (secondary N) is 2. The van der Waals surface area contributed by atoms with Gasteiger partial charge in [0.1, 0.15) is 24.0 Å². The van der Waals surface area contributed by atoms with Gasteiger partial charge in [0.15, 0.2) is 5.56 Å². The van der Waals surface area contributed by atoms with Crippen molar-refractivity contribution in [2.75, 3.05) is 26.3 Å². The van der Waals surface area contributed by atoms with Crippen LogP contribution in [0.3, 0.4) is 0 Å². The molecule has 3 atom stereocenters. The minimum atomic E-state index is -3.91. The van der Waals surface area contributed by atoms with Gasteiger partial charge in [-0.1, -0.05) is 59.6 Å². The Morgan fingerprint density at radius 3 is 2.69 bits per heavy atom. The van der Waals surface area contributed by atoms with E-state index in [2.05, 4.69) is 36.1 Å². The van der Waals surface area contributed by atoms with Crippen LogP contribution in [-0.2, 0) is 21.2 Å². The standard InChI is InChI=1S/C25H35Cl2N3O5S/c1-25(2,13-7-10-19-8-4-3-5-9-19)28-17-20(31)18-35-21-11-6-12-22(16-21)36(32,33)29-30-14-15-34-24(27)23(30)26/h3-6,8-9,11-12,16,20,23-24,28-29,31H,7,10,13-15,17-18H2,1-2H3/t20-,23?,24?/m1/s1. The van der Waals surface area contributed by atoms with Crippen LogP contribution in [0.4, 0.5) is 0 Å². The van der Waals surface area contributed by atoms with Gasteiger partial charge < -0.3 is 19.9 Å². The molecule has 1 fully saturated rings. The maximum atomic E-state index is 12.8. The number of aliphatic hydroxyl groups is 1. The van der Waals surface area contributed by atoms with E-state index < -0.39 is 27.2 Å². The molecule has 1 aliphatic rings. The second-order valence-corrected chi connectivity index (χ2v) is 12.0. The summed E-state index contributed by atoms with van der Waals surface area (Å²) in [4.78, 5) is 2.45. The van der Waals surface area contributed by atoms with Crippen molar-refractivity contribution < 1.29 is 23.0 Å². The van der Waals surface area contributed by atoms with Gasteiger partial charge in [0.2, 0.25) is 0 Å². The fourth-order valence-electron chi connectivity index (χ4n) is 3.76. The first-order valence-corrected chi connectivity index (χ1v) is 14.3. The number of benzene rings is 2. The summed E-state index contributed by atoms with van der Waals surface area (Å²) in [7, 11) is -3.91. The van der Waals surface area contributed by atoms with E-state index in [0.717, 1.165) is 19.3 Å². The van der Waals surface area contributed by atoms with Gasteiger partial charge in [-0.25, -0.2) is 13.4 Å². The van der Waals surface area contributed by atoms with Crippen LogP contribution in [-0.4, -0.2) is 67.5 Å². The number of halogens is 2. The summed E-state index contributed by atoms with van der Waals surface area (Å²) in [5.74, 6) is 0.332. The minimum Gasteiger partial charge on any atom is -0.491 e. The Bertz CT molecular complexity index is 1060. The summed E-state index contributed by atoms with van der Waals surface area (Å²) in [6.45, 7) is 5.10. The maximum absolute atomic E-state index is 12.8. The van der Waals surface area contributed by atoms with Gasteiger partial charge >= 0.3 is 0 Å². The fraction of sp³-hybridized carbons (Fsp3) is 0.520. The number of ether oxygens (including phenoxy) is 2. The molecule has 1 saturated heterocycles. The Hall–Kier alpha value is -1.43. The first-order valence-electron chi connectivity index (χ1n) is 11.9. The number of aliphatic hydroxyl groups excluding tert-OH is 1. The van der Waals surface area contributed by atoms with Gasteiger partial charge in [0, 0.05) is 24.7 Å². The first kappa shape index (κ1) is 29.1. The molecule has 8 nitrogen and oxygen atoms in total. The Balaban J connectivity index is 1.45. The SMILES string of the molecule is CC(C)(CCCc1ccccc1)NC[C@@H](O)COc1cccc(S(=O)(=O)NN2CCOC(Cl)C2Cl)c1. The number of β-amino-alcohol motifs (C(OH)–C–C–N with tert-alkyl or cyclic N) is 1. The molecule has 0 amide bonds. The number of alkyl halides is 2. The van der Waals surface area contributed by atoms with Gasteiger partial charge in [-0.2, -0.15) is 0 Å². The summed E-state index contributed by atoms with van der Waals surface area (Å²) in [6, 6.07) is 16.4. The average molecular weight is 561 g/mol. The molecule has 0 aromatic heterocycles. The van der Waals surface area contributed by atoms with Crippen LogP contribution in [0, 0.1) is 0 Å². The highest BCUT2D eigenvalue weighted by Gasteiger charge is 2.32. The molecule has 3 N–H and O–H groups in total. The fourth-order valence-corrected chi connectivity index (χ4v) is 5.41. The predicted octanol–water partition coefficient (Wildman–Crippen LogP) is 3.47. The van der Waals surface area contributed by atoms with Crippen LogP contribution in [0.1, 0.15) is 32.3 Å². The quantitative estimate of drug-likeness (QED) is 0.255. The van der Waals surface area contributed by atoms with Crippen LogP contribution >= 0.6 is 23.2 Å². The highest BCUT2D eigenvalue weighted by molar-refractivity contribution is 7.89. The molecular formula is C25H35Cl2N3O5S. The molecule has 11 heteroatoms. The molecular weight excluding hydrogens is 525 g/mol. The third kappa shape index (κ3) is 9.15. The number of rotatable bonds is 13. The lowest BCUT2D eigenvalue weighted by Gasteiger charge is -2.34. The Kier molecular flexibility index (Phi) is 10.8. The molecule has 1 heterocycles. The molecule has 36 heavy (non-hydrogen) atoms. The molecule has 0 spiro atoms. The van der Waals surface area contributed by atoms with Crippen molar-refractivity contribution in [3.05, 3.63) is 60.2 Å². The van der Waals surface area contributed by atoms with E-state index in [-0.39, 0.29) is 30.2 Å². The first-order chi connectivity index (χ1) is 17.1. The number of hydrogen-bond acceptors (Lipinski definition) is 7. The molecule has 0 saturated carbocycles. The number of morpholine rings is 1. The normalized spacial score (nSPS) is 20.2. The van der Waals surface area contributed by atoms with Crippen LogP contribution in [0.2, 0.25) is 0 Å². The topological polar surface area (TPSA) is 100 Å². The predicted molar refractivity (Wildman–Crippen MR) is 142 cm³/mol. The molecule has 1 aliphatic heterocycles. The van der Waals surface area contributed by atoms with Crippen molar-refractivity contribution in [2.24, 2.45) is 0 Å². The number of aryl methyl sites for hydroxylation is 1. The van der Waals surface area contributed by atoms with Gasteiger partial charge in [-0.15, -0.1) is 4.83 Å². The Morgan fingerprint density at radius 1 is 1.19 bits per heavy atom. The summed E-state index contributed by atoms with van der Waals surface area (Å²) < 4.78 is 36.5. The lowest BCUT2D eigenvalue weighted by molar-refractivity contribution is -0.0118. The van der Waals surface area contributed by atoms with Crippen molar-refractivity contribution in [3.8, 4) is 5.75 Å². The highest BCUT2D eigenvalue weighted by Crippen LogP contribution is 2.22. The Labute approximate surface area is 223 Å². The summed E-state index contributed by atoms with van der Waals surface area (Å²) in [5, 5.41) is 15.1. The third-order valence-corrected chi connectivity index (χ3v) is 8.15. The zero-order chi connectivity index (χ0) is 26.2. The van der Waals surface area contributed by atoms with E-state index in [9.17, 15) is 13.5 Å². The molecule has 0 bridgehead atoms. The van der Waals surface area contributed by atoms with Crippen LogP contribution in [0.25, 0.3) is 0 Å². The largest absolute Gasteiger partial charge is 0.491 e. The van der Waals surface area contributed by atoms with E-state index in [0.29, 0.717) is 12.3 Å². The van der Waals surface area contributed by atoms with E-state index in [1.165, 1.54) is 22.7 Å². The zero-order valence-corrected chi connectivity index (χ0v) is 22.9. The van der Waals surface area contributed by atoms with Crippen LogP contribution in [0.5, 0.6) is 5.75 Å². The van der Waals surface area contributed by atoms with Crippen molar-refractivity contribution in [2.45, 2.75) is 60.7 Å². The van der Waals surface area contributed by atoms with E-state index in [1.807, 2.05) is 18.2 Å². The highest BCUT2D eigenvalue weighted by atomic mass is 35.5. The summed E-state index contributed by atoms with van der Waals surface area (Å²) >= 11 is 12.1. The third-order valence-electron chi connectivity index (χ3n) is 5.85. The van der Waals surface area contributed by atoms with Crippen LogP contribution < -0.4 is 14.9 Å². The Morgan fingerprint density at radius 2 is 1.94 bits per heavy atom. The van der Waals surface area contributed by atoms with Gasteiger partial charge in [-0.3, -0.25) is 0 Å². The van der Waals surface area contributed by atoms with Crippen LogP contribution in [0.15, 0.2) is 59.5 Å². The molecule has 2 unspecified atom stereocenters. The number of hydrogen-bond donors (Lipinski definition) is 3. The smallest absolute Gasteiger partial charge is 0.253 e. The zero-order valence-electron chi connectivity index (χ0n) is 20.6. The number of sulfonamides is 1. The minimum absolute atomic E-state index is 0.00800. The second-order valence-electron chi connectivity index (χ2n) is 9.43. The summed E-state index contributed by atoms with van der Waals surface area (Å²) in [5.41, 5.74) is -0.504. The van der Waals surface area contributed by atoms with E-state index >= 15 is 0 Å². The number of hydrazine groups is 1. The lowest BCUT2D eigenvalue weighted by Crippen LogP contribution is -2.54. The van der Waals surface area contributed by atoms with E-state index in [4.69, 9.17) is 32.7 Å². The summed E-state index contributed by atoms with van der Waals surface area (Å²) in [6.07, 6.45) is 2.24.